The molecule has 19 heavy (non-hydrogen) atoms. The number of halogens is 1. The summed E-state index contributed by atoms with van der Waals surface area (Å²) >= 11 is 5.42. The summed E-state index contributed by atoms with van der Waals surface area (Å²) in [6.45, 7) is 4.25. The Bertz CT molecular complexity index is 273. The second-order valence-corrected chi connectivity index (χ2v) is 4.70. The maximum absolute atomic E-state index is 11.7. The number of nitrogens with zero attached hydrogens (tertiary/aromatic N) is 1. The van der Waals surface area contributed by atoms with Crippen molar-refractivity contribution in [3.63, 3.8) is 0 Å². The number of rotatable bonds is 9. The van der Waals surface area contributed by atoms with Crippen molar-refractivity contribution in [3.05, 3.63) is 0 Å². The highest BCUT2D eigenvalue weighted by Crippen LogP contribution is 2.04. The van der Waals surface area contributed by atoms with E-state index in [1.54, 1.807) is 6.92 Å². The van der Waals surface area contributed by atoms with Crippen LogP contribution in [-0.2, 0) is 14.3 Å². The van der Waals surface area contributed by atoms with Crippen molar-refractivity contribution in [3.8, 4) is 0 Å². The Hall–Kier alpha value is -0.970. The van der Waals surface area contributed by atoms with Crippen LogP contribution >= 0.6 is 11.6 Å². The van der Waals surface area contributed by atoms with Gasteiger partial charge in [0.1, 0.15) is 12.6 Å². The van der Waals surface area contributed by atoms with Gasteiger partial charge in [0, 0.05) is 7.05 Å². The standard InChI is InChI=1S/C13H24ClNO4/c1-4-5-6-7-9-18-12(16)11(2)15(3)13(17)19-10-8-14/h11H,4-10H2,1-3H3. The van der Waals surface area contributed by atoms with E-state index >= 15 is 0 Å². The summed E-state index contributed by atoms with van der Waals surface area (Å²) in [6.07, 6.45) is 3.60. The first-order valence-electron chi connectivity index (χ1n) is 6.66. The lowest BCUT2D eigenvalue weighted by Gasteiger charge is -2.22. The van der Waals surface area contributed by atoms with Gasteiger partial charge in [-0.25, -0.2) is 9.59 Å². The Morgan fingerprint density at radius 3 is 2.42 bits per heavy atom. The first kappa shape index (κ1) is 18.0. The summed E-state index contributed by atoms with van der Waals surface area (Å²) in [7, 11) is 1.50. The van der Waals surface area contributed by atoms with E-state index in [0.29, 0.717) is 6.61 Å². The predicted octanol–water partition coefficient (Wildman–Crippen LogP) is 2.81. The second kappa shape index (κ2) is 10.9. The van der Waals surface area contributed by atoms with Crippen LogP contribution in [0.4, 0.5) is 4.79 Å². The predicted molar refractivity (Wildman–Crippen MR) is 74.4 cm³/mol. The minimum Gasteiger partial charge on any atom is -0.464 e. The van der Waals surface area contributed by atoms with Gasteiger partial charge < -0.3 is 9.47 Å². The van der Waals surface area contributed by atoms with E-state index < -0.39 is 18.1 Å². The van der Waals surface area contributed by atoms with Gasteiger partial charge in [0.15, 0.2) is 0 Å². The smallest absolute Gasteiger partial charge is 0.410 e. The van der Waals surface area contributed by atoms with E-state index in [1.165, 1.54) is 11.9 Å². The second-order valence-electron chi connectivity index (χ2n) is 4.32. The molecule has 112 valence electrons. The first-order valence-corrected chi connectivity index (χ1v) is 7.20. The molecule has 6 heteroatoms. The number of hydrogen-bond acceptors (Lipinski definition) is 4. The van der Waals surface area contributed by atoms with Gasteiger partial charge in [-0.3, -0.25) is 4.90 Å². The molecule has 0 fully saturated rings. The minimum absolute atomic E-state index is 0.128. The monoisotopic (exact) mass is 293 g/mol. The largest absolute Gasteiger partial charge is 0.464 e. The maximum Gasteiger partial charge on any atom is 0.410 e. The topological polar surface area (TPSA) is 55.8 Å². The van der Waals surface area contributed by atoms with Gasteiger partial charge in [-0.05, 0) is 13.3 Å². The summed E-state index contributed by atoms with van der Waals surface area (Å²) in [5, 5.41) is 0. The molecule has 0 spiro atoms. The van der Waals surface area contributed by atoms with Crippen molar-refractivity contribution in [2.75, 3.05) is 26.1 Å². The lowest BCUT2D eigenvalue weighted by molar-refractivity contribution is -0.148. The highest BCUT2D eigenvalue weighted by molar-refractivity contribution is 6.18. The van der Waals surface area contributed by atoms with Crippen molar-refractivity contribution in [1.82, 2.24) is 4.90 Å². The van der Waals surface area contributed by atoms with Crippen LogP contribution in [0.1, 0.15) is 39.5 Å². The molecule has 0 aliphatic rings. The third kappa shape index (κ3) is 7.93. The molecule has 5 nitrogen and oxygen atoms in total. The fourth-order valence-electron chi connectivity index (χ4n) is 1.37. The van der Waals surface area contributed by atoms with Crippen LogP contribution in [0.2, 0.25) is 0 Å². The Morgan fingerprint density at radius 1 is 1.16 bits per heavy atom. The van der Waals surface area contributed by atoms with Gasteiger partial charge in [-0.2, -0.15) is 0 Å². The lowest BCUT2D eigenvalue weighted by atomic mass is 10.2. The molecule has 0 N–H and O–H groups in total. The Balaban J connectivity index is 3.93. The van der Waals surface area contributed by atoms with Crippen LogP contribution in [0.15, 0.2) is 0 Å². The Morgan fingerprint density at radius 2 is 1.84 bits per heavy atom. The molecule has 0 bridgehead atoms. The molecule has 0 rings (SSSR count). The van der Waals surface area contributed by atoms with E-state index in [9.17, 15) is 9.59 Å². The van der Waals surface area contributed by atoms with Crippen molar-refractivity contribution in [2.45, 2.75) is 45.6 Å². The molecule has 0 saturated carbocycles. The SMILES string of the molecule is CCCCCCOC(=O)C(C)N(C)C(=O)OCCCl. The number of hydrogen-bond donors (Lipinski definition) is 0. The molecule has 0 aliphatic carbocycles. The zero-order valence-corrected chi connectivity index (χ0v) is 12.7. The summed E-state index contributed by atoms with van der Waals surface area (Å²) in [5.41, 5.74) is 0. The van der Waals surface area contributed by atoms with Crippen LogP contribution in [0, 0.1) is 0 Å². The summed E-state index contributed by atoms with van der Waals surface area (Å²) in [4.78, 5) is 24.4. The van der Waals surface area contributed by atoms with E-state index in [1.807, 2.05) is 0 Å². The summed E-state index contributed by atoms with van der Waals surface area (Å²) < 4.78 is 9.94. The van der Waals surface area contributed by atoms with Crippen molar-refractivity contribution in [2.24, 2.45) is 0 Å². The lowest BCUT2D eigenvalue weighted by Crippen LogP contribution is -2.41. The van der Waals surface area contributed by atoms with Crippen molar-refractivity contribution in [1.29, 1.82) is 0 Å². The first-order chi connectivity index (χ1) is 9.04. The van der Waals surface area contributed by atoms with Crippen LogP contribution in [0.25, 0.3) is 0 Å². The third-order valence-corrected chi connectivity index (χ3v) is 2.91. The van der Waals surface area contributed by atoms with Crippen molar-refractivity contribution < 1.29 is 19.1 Å². The molecule has 1 unspecified atom stereocenters. The molecule has 0 aromatic heterocycles. The van der Waals surface area contributed by atoms with E-state index in [-0.39, 0.29) is 12.5 Å². The zero-order valence-electron chi connectivity index (χ0n) is 12.0. The van der Waals surface area contributed by atoms with Crippen molar-refractivity contribution >= 4 is 23.7 Å². The number of unbranched alkanes of at least 4 members (excludes halogenated alkanes) is 3. The van der Waals surface area contributed by atoms with Gasteiger partial charge in [-0.15, -0.1) is 11.6 Å². The maximum atomic E-state index is 11.7. The number of ether oxygens (including phenoxy) is 2. The van der Waals surface area contributed by atoms with Crippen LogP contribution in [-0.4, -0.2) is 49.1 Å². The number of esters is 1. The molecule has 0 saturated heterocycles. The fourth-order valence-corrected chi connectivity index (χ4v) is 1.44. The number of amides is 1. The van der Waals surface area contributed by atoms with Gasteiger partial charge >= 0.3 is 12.1 Å². The molecule has 0 radical (unpaired) electrons. The minimum atomic E-state index is -0.658. The molecule has 0 aromatic carbocycles. The van der Waals surface area contributed by atoms with Gasteiger partial charge in [-0.1, -0.05) is 26.2 Å². The number of carbonyl (C=O) groups is 2. The highest BCUT2D eigenvalue weighted by Gasteiger charge is 2.24. The average Bonchev–Trinajstić information content (AvgIpc) is 2.42. The molecule has 0 aromatic rings. The Kier molecular flexibility index (Phi) is 10.4. The molecular formula is C13H24ClNO4. The van der Waals surface area contributed by atoms with Gasteiger partial charge in [0.25, 0.3) is 0 Å². The van der Waals surface area contributed by atoms with Gasteiger partial charge in [0.05, 0.1) is 12.5 Å². The van der Waals surface area contributed by atoms with Gasteiger partial charge in [0.2, 0.25) is 0 Å². The Labute approximate surface area is 120 Å². The van der Waals surface area contributed by atoms with Crippen LogP contribution in [0.5, 0.6) is 0 Å². The molecule has 0 aliphatic heterocycles. The number of likely N-dealkylation sites (N-methyl/N-ethyl adjacent to an activating group) is 1. The van der Waals surface area contributed by atoms with E-state index in [2.05, 4.69) is 6.92 Å². The third-order valence-electron chi connectivity index (χ3n) is 2.75. The normalized spacial score (nSPS) is 11.8. The summed E-state index contributed by atoms with van der Waals surface area (Å²) in [6, 6.07) is -0.658. The number of alkyl halides is 1. The quantitative estimate of drug-likeness (QED) is 0.373. The highest BCUT2D eigenvalue weighted by atomic mass is 35.5. The fraction of sp³-hybridized carbons (Fsp3) is 0.846. The average molecular weight is 294 g/mol. The van der Waals surface area contributed by atoms with Crippen LogP contribution < -0.4 is 0 Å². The number of carbonyl (C=O) groups excluding carboxylic acids is 2. The molecule has 1 amide bonds. The molecule has 1 atom stereocenters. The zero-order chi connectivity index (χ0) is 14.7. The summed E-state index contributed by atoms with van der Waals surface area (Å²) in [5.74, 6) is -0.183. The molecular weight excluding hydrogens is 270 g/mol. The van der Waals surface area contributed by atoms with E-state index in [0.717, 1.165) is 25.7 Å². The van der Waals surface area contributed by atoms with Crippen LogP contribution in [0.3, 0.4) is 0 Å². The van der Waals surface area contributed by atoms with E-state index in [4.69, 9.17) is 21.1 Å². The molecule has 0 heterocycles.